The third-order valence-corrected chi connectivity index (χ3v) is 2.66. The van der Waals surface area contributed by atoms with Crippen LogP contribution in [0.15, 0.2) is 0 Å². The zero-order chi connectivity index (χ0) is 12.6. The maximum Gasteiger partial charge on any atom is 0.309 e. The molecule has 1 unspecified atom stereocenters. The number of nitrogens with one attached hydrogen (secondary N) is 1. The molecule has 0 spiro atoms. The summed E-state index contributed by atoms with van der Waals surface area (Å²) in [5, 5.41) is 3.27. The van der Waals surface area contributed by atoms with Crippen LogP contribution in [0.2, 0.25) is 0 Å². The van der Waals surface area contributed by atoms with E-state index >= 15 is 0 Å². The van der Waals surface area contributed by atoms with Crippen molar-refractivity contribution in [2.45, 2.75) is 33.7 Å². The summed E-state index contributed by atoms with van der Waals surface area (Å²) in [5.74, 6) is -0.184. The minimum atomic E-state index is -0.118. The van der Waals surface area contributed by atoms with Crippen molar-refractivity contribution >= 4 is 5.97 Å². The lowest BCUT2D eigenvalue weighted by Gasteiger charge is -2.21. The number of hydrogen-bond acceptors (Lipinski definition) is 4. The first kappa shape index (κ1) is 15.4. The van der Waals surface area contributed by atoms with Gasteiger partial charge in [-0.15, -0.1) is 0 Å². The Kier molecular flexibility index (Phi) is 8.21. The second kappa shape index (κ2) is 8.53. The fraction of sp³-hybridized carbons (Fsp3) is 0.917. The van der Waals surface area contributed by atoms with E-state index in [9.17, 15) is 4.79 Å². The molecule has 96 valence electrons. The van der Waals surface area contributed by atoms with Crippen LogP contribution in [0, 0.1) is 5.92 Å². The third-order valence-electron chi connectivity index (χ3n) is 2.66. The van der Waals surface area contributed by atoms with Gasteiger partial charge in [-0.1, -0.05) is 6.92 Å². The summed E-state index contributed by atoms with van der Waals surface area (Å²) in [7, 11) is 2.10. The molecule has 0 aliphatic carbocycles. The Morgan fingerprint density at radius 3 is 2.50 bits per heavy atom. The Morgan fingerprint density at radius 2 is 2.00 bits per heavy atom. The van der Waals surface area contributed by atoms with Crippen LogP contribution in [0.3, 0.4) is 0 Å². The summed E-state index contributed by atoms with van der Waals surface area (Å²) in [4.78, 5) is 13.6. The molecular formula is C12H26N2O2. The van der Waals surface area contributed by atoms with E-state index in [2.05, 4.69) is 31.1 Å². The summed E-state index contributed by atoms with van der Waals surface area (Å²) in [6, 6.07) is 0.560. The van der Waals surface area contributed by atoms with Crippen molar-refractivity contribution in [3.05, 3.63) is 0 Å². The van der Waals surface area contributed by atoms with Crippen LogP contribution in [0.1, 0.15) is 27.7 Å². The van der Waals surface area contributed by atoms with Gasteiger partial charge in [-0.25, -0.2) is 0 Å². The molecule has 0 heterocycles. The van der Waals surface area contributed by atoms with Gasteiger partial charge in [0.15, 0.2) is 0 Å². The van der Waals surface area contributed by atoms with E-state index in [1.807, 2.05) is 13.8 Å². The van der Waals surface area contributed by atoms with Gasteiger partial charge in [0.2, 0.25) is 0 Å². The molecule has 0 aromatic heterocycles. The number of hydrogen-bond donors (Lipinski definition) is 1. The first-order valence-electron chi connectivity index (χ1n) is 6.06. The van der Waals surface area contributed by atoms with Crippen molar-refractivity contribution in [1.82, 2.24) is 10.2 Å². The molecule has 0 rings (SSSR count). The summed E-state index contributed by atoms with van der Waals surface area (Å²) in [5.41, 5.74) is 0. The molecule has 0 saturated heterocycles. The average molecular weight is 230 g/mol. The van der Waals surface area contributed by atoms with E-state index < -0.39 is 0 Å². The van der Waals surface area contributed by atoms with Gasteiger partial charge in [0.1, 0.15) is 0 Å². The zero-order valence-corrected chi connectivity index (χ0v) is 11.2. The molecule has 0 aliphatic rings. The summed E-state index contributed by atoms with van der Waals surface area (Å²) >= 11 is 0. The van der Waals surface area contributed by atoms with Gasteiger partial charge >= 0.3 is 5.97 Å². The highest BCUT2D eigenvalue weighted by Crippen LogP contribution is 1.96. The Morgan fingerprint density at radius 1 is 1.38 bits per heavy atom. The Labute approximate surface area is 99.3 Å². The first-order valence-corrected chi connectivity index (χ1v) is 6.06. The highest BCUT2D eigenvalue weighted by atomic mass is 16.5. The minimum Gasteiger partial charge on any atom is -0.466 e. The monoisotopic (exact) mass is 230 g/mol. The molecule has 0 saturated carbocycles. The van der Waals surface area contributed by atoms with Gasteiger partial charge in [0.05, 0.1) is 12.5 Å². The molecule has 16 heavy (non-hydrogen) atoms. The lowest BCUT2D eigenvalue weighted by molar-refractivity contribution is -0.147. The van der Waals surface area contributed by atoms with Gasteiger partial charge in [-0.05, 0) is 27.8 Å². The number of carbonyl (C=O) groups excluding carboxylic acids is 1. The molecule has 1 N–H and O–H groups in total. The average Bonchev–Trinajstić information content (AvgIpc) is 2.23. The van der Waals surface area contributed by atoms with Crippen molar-refractivity contribution in [1.29, 1.82) is 0 Å². The summed E-state index contributed by atoms with van der Waals surface area (Å²) in [6.45, 7) is 11.1. The molecule has 0 aromatic rings. The topological polar surface area (TPSA) is 41.6 Å². The van der Waals surface area contributed by atoms with Gasteiger partial charge < -0.3 is 15.0 Å². The fourth-order valence-electron chi connectivity index (χ4n) is 1.20. The van der Waals surface area contributed by atoms with Crippen molar-refractivity contribution in [2.24, 2.45) is 5.92 Å². The quantitative estimate of drug-likeness (QED) is 0.501. The summed E-state index contributed by atoms with van der Waals surface area (Å²) < 4.78 is 4.93. The number of carbonyl (C=O) groups is 1. The maximum absolute atomic E-state index is 11.3. The normalized spacial score (nSPS) is 13.2. The lowest BCUT2D eigenvalue weighted by Crippen LogP contribution is -2.36. The van der Waals surface area contributed by atoms with E-state index in [0.29, 0.717) is 19.2 Å². The van der Waals surface area contributed by atoms with Crippen molar-refractivity contribution in [2.75, 3.05) is 33.3 Å². The zero-order valence-electron chi connectivity index (χ0n) is 11.2. The van der Waals surface area contributed by atoms with E-state index in [-0.39, 0.29) is 11.9 Å². The van der Waals surface area contributed by atoms with Gasteiger partial charge in [0, 0.05) is 25.7 Å². The van der Waals surface area contributed by atoms with E-state index in [0.717, 1.165) is 13.1 Å². The number of ether oxygens (including phenoxy) is 1. The minimum absolute atomic E-state index is 0.0655. The third kappa shape index (κ3) is 6.80. The second-order valence-corrected chi connectivity index (χ2v) is 4.43. The predicted octanol–water partition coefficient (Wildman–Crippen LogP) is 1.12. The van der Waals surface area contributed by atoms with Crippen molar-refractivity contribution < 1.29 is 9.53 Å². The second-order valence-electron chi connectivity index (χ2n) is 4.43. The van der Waals surface area contributed by atoms with Crippen LogP contribution in [0.5, 0.6) is 0 Å². The van der Waals surface area contributed by atoms with Crippen LogP contribution < -0.4 is 5.32 Å². The SMILES string of the molecule is CCOC(=O)C(C)CNCCN(C)C(C)C. The van der Waals surface area contributed by atoms with Gasteiger partial charge in [-0.3, -0.25) is 4.79 Å². The van der Waals surface area contributed by atoms with Crippen LogP contribution in [-0.4, -0.2) is 50.2 Å². The fourth-order valence-corrected chi connectivity index (χ4v) is 1.20. The number of likely N-dealkylation sites (N-methyl/N-ethyl adjacent to an activating group) is 1. The number of nitrogens with zero attached hydrogens (tertiary/aromatic N) is 1. The van der Waals surface area contributed by atoms with E-state index in [1.54, 1.807) is 0 Å². The molecule has 0 fully saturated rings. The first-order chi connectivity index (χ1) is 7.49. The molecule has 0 radical (unpaired) electrons. The van der Waals surface area contributed by atoms with Crippen LogP contribution in [0.25, 0.3) is 0 Å². The standard InChI is InChI=1S/C12H26N2O2/c1-6-16-12(15)11(4)9-13-7-8-14(5)10(2)3/h10-11,13H,6-9H2,1-5H3. The van der Waals surface area contributed by atoms with E-state index in [1.165, 1.54) is 0 Å². The lowest BCUT2D eigenvalue weighted by atomic mass is 10.2. The van der Waals surface area contributed by atoms with Crippen molar-refractivity contribution in [3.63, 3.8) is 0 Å². The van der Waals surface area contributed by atoms with Gasteiger partial charge in [-0.2, -0.15) is 0 Å². The molecule has 0 aromatic carbocycles. The largest absolute Gasteiger partial charge is 0.466 e. The molecule has 4 nitrogen and oxygen atoms in total. The Bertz CT molecular complexity index is 195. The molecule has 4 heteroatoms. The molecule has 1 atom stereocenters. The maximum atomic E-state index is 11.3. The molecule has 0 aliphatic heterocycles. The van der Waals surface area contributed by atoms with E-state index in [4.69, 9.17) is 4.74 Å². The molecule has 0 bridgehead atoms. The Balaban J connectivity index is 3.55. The Hall–Kier alpha value is -0.610. The summed E-state index contributed by atoms with van der Waals surface area (Å²) in [6.07, 6.45) is 0. The number of rotatable bonds is 8. The van der Waals surface area contributed by atoms with Crippen LogP contribution >= 0.6 is 0 Å². The van der Waals surface area contributed by atoms with Crippen molar-refractivity contribution in [3.8, 4) is 0 Å². The predicted molar refractivity (Wildman–Crippen MR) is 66.4 cm³/mol. The van der Waals surface area contributed by atoms with Crippen LogP contribution in [0.4, 0.5) is 0 Å². The van der Waals surface area contributed by atoms with Crippen LogP contribution in [-0.2, 0) is 9.53 Å². The highest BCUT2D eigenvalue weighted by molar-refractivity contribution is 5.72. The highest BCUT2D eigenvalue weighted by Gasteiger charge is 2.12. The number of esters is 1. The van der Waals surface area contributed by atoms with Gasteiger partial charge in [0.25, 0.3) is 0 Å². The molecule has 0 amide bonds. The molecular weight excluding hydrogens is 204 g/mol. The smallest absolute Gasteiger partial charge is 0.309 e.